The maximum absolute atomic E-state index is 13.1. The summed E-state index contributed by atoms with van der Waals surface area (Å²) in [6.45, 7) is 8.61. The minimum atomic E-state index is -0.711. The van der Waals surface area contributed by atoms with E-state index < -0.39 is 11.2 Å². The van der Waals surface area contributed by atoms with Crippen LogP contribution in [0.2, 0.25) is 0 Å². The van der Waals surface area contributed by atoms with Gasteiger partial charge in [-0.2, -0.15) is 0 Å². The lowest BCUT2D eigenvalue weighted by atomic mass is 10.1. The second-order valence-corrected chi connectivity index (χ2v) is 8.54. The summed E-state index contributed by atoms with van der Waals surface area (Å²) in [6, 6.07) is 9.80. The van der Waals surface area contributed by atoms with Crippen molar-refractivity contribution in [2.24, 2.45) is 0 Å². The molecular formula is C24H26N2O5S. The predicted octanol–water partition coefficient (Wildman–Crippen LogP) is 5.33. The molecule has 1 N–H and O–H groups in total. The van der Waals surface area contributed by atoms with E-state index in [-0.39, 0.29) is 41.1 Å². The van der Waals surface area contributed by atoms with Crippen LogP contribution in [-0.2, 0) is 9.53 Å². The number of amides is 1. The summed E-state index contributed by atoms with van der Waals surface area (Å²) < 4.78 is 10.7. The quantitative estimate of drug-likeness (QED) is 0.279. The Labute approximate surface area is 190 Å². The van der Waals surface area contributed by atoms with Crippen molar-refractivity contribution in [2.75, 3.05) is 11.9 Å². The number of furan rings is 1. The molecule has 0 aliphatic rings. The molecule has 0 saturated carbocycles. The normalized spacial score (nSPS) is 11.9. The number of nitrogens with one attached hydrogen (secondary N) is 1. The summed E-state index contributed by atoms with van der Waals surface area (Å²) >= 11 is 1.34. The minimum Gasteiger partial charge on any atom is -0.462 e. The van der Waals surface area contributed by atoms with Crippen molar-refractivity contribution in [1.82, 2.24) is 4.98 Å². The van der Waals surface area contributed by atoms with Gasteiger partial charge in [-0.15, -0.1) is 0 Å². The van der Waals surface area contributed by atoms with Gasteiger partial charge in [0.1, 0.15) is 11.3 Å². The third-order valence-electron chi connectivity index (χ3n) is 4.98. The van der Waals surface area contributed by atoms with Crippen LogP contribution in [0.3, 0.4) is 0 Å². The standard InChI is InChI=1S/C24H26N2O5S/c1-6-18(32-19-12-13(3)16-10-8-9-11-17(16)25-19)22(28)26-23-21(24(29)30-7-2)20(14(4)27)15(5)31-23/h8-12,18H,6-7H2,1-5H3,(H,26,28). The summed E-state index contributed by atoms with van der Waals surface area (Å²) in [5.41, 5.74) is 2.00. The summed E-state index contributed by atoms with van der Waals surface area (Å²) in [4.78, 5) is 42.3. The summed E-state index contributed by atoms with van der Waals surface area (Å²) in [5.74, 6) is -1.22. The zero-order valence-corrected chi connectivity index (χ0v) is 19.6. The third kappa shape index (κ3) is 4.85. The Kier molecular flexibility index (Phi) is 7.35. The average Bonchev–Trinajstić information content (AvgIpc) is 3.08. The number of aromatic nitrogens is 1. The zero-order valence-electron chi connectivity index (χ0n) is 18.8. The number of carbonyl (C=O) groups is 3. The van der Waals surface area contributed by atoms with E-state index in [0.717, 1.165) is 21.5 Å². The number of thioether (sulfide) groups is 1. The van der Waals surface area contributed by atoms with Crippen molar-refractivity contribution in [1.29, 1.82) is 0 Å². The molecule has 0 radical (unpaired) electrons. The van der Waals surface area contributed by atoms with Crippen molar-refractivity contribution in [3.05, 3.63) is 52.8 Å². The van der Waals surface area contributed by atoms with E-state index in [1.807, 2.05) is 44.2 Å². The van der Waals surface area contributed by atoms with Gasteiger partial charge in [0.25, 0.3) is 0 Å². The summed E-state index contributed by atoms with van der Waals surface area (Å²) in [6.07, 6.45) is 0.526. The molecule has 1 aromatic carbocycles. The first-order valence-electron chi connectivity index (χ1n) is 10.4. The van der Waals surface area contributed by atoms with Gasteiger partial charge in [-0.05, 0) is 51.8 Å². The number of Topliss-reactive ketones (excluding diaryl/α,β-unsaturated/α-hetero) is 1. The van der Waals surface area contributed by atoms with Gasteiger partial charge in [0, 0.05) is 5.39 Å². The van der Waals surface area contributed by atoms with E-state index in [1.54, 1.807) is 13.8 Å². The molecule has 0 spiro atoms. The molecular weight excluding hydrogens is 428 g/mol. The van der Waals surface area contributed by atoms with Crippen LogP contribution in [0.4, 0.5) is 5.88 Å². The molecule has 0 aliphatic carbocycles. The maximum Gasteiger partial charge on any atom is 0.344 e. The van der Waals surface area contributed by atoms with Crippen molar-refractivity contribution < 1.29 is 23.5 Å². The molecule has 2 heterocycles. The zero-order chi connectivity index (χ0) is 23.4. The fourth-order valence-corrected chi connectivity index (χ4v) is 4.51. The number of nitrogens with zero attached hydrogens (tertiary/aromatic N) is 1. The number of ether oxygens (including phenoxy) is 1. The lowest BCUT2D eigenvalue weighted by Gasteiger charge is -2.15. The monoisotopic (exact) mass is 454 g/mol. The molecule has 1 atom stereocenters. The van der Waals surface area contributed by atoms with Crippen LogP contribution >= 0.6 is 11.8 Å². The number of anilines is 1. The number of hydrogen-bond donors (Lipinski definition) is 1. The van der Waals surface area contributed by atoms with Gasteiger partial charge >= 0.3 is 5.97 Å². The molecule has 0 bridgehead atoms. The van der Waals surface area contributed by atoms with Gasteiger partial charge in [-0.1, -0.05) is 36.9 Å². The Morgan fingerprint density at radius 1 is 1.16 bits per heavy atom. The number of ketones is 1. The van der Waals surface area contributed by atoms with E-state index in [9.17, 15) is 14.4 Å². The predicted molar refractivity (Wildman–Crippen MR) is 124 cm³/mol. The first-order chi connectivity index (χ1) is 15.3. The molecule has 0 fully saturated rings. The number of para-hydroxylation sites is 1. The largest absolute Gasteiger partial charge is 0.462 e. The molecule has 1 unspecified atom stereocenters. The van der Waals surface area contributed by atoms with E-state index in [4.69, 9.17) is 9.15 Å². The lowest BCUT2D eigenvalue weighted by Crippen LogP contribution is -2.25. The average molecular weight is 455 g/mol. The van der Waals surface area contributed by atoms with Crippen LogP contribution in [0.25, 0.3) is 10.9 Å². The highest BCUT2D eigenvalue weighted by molar-refractivity contribution is 8.00. The van der Waals surface area contributed by atoms with Gasteiger partial charge in [0.2, 0.25) is 11.8 Å². The Balaban J connectivity index is 1.88. The number of fused-ring (bicyclic) bond motifs is 1. The minimum absolute atomic E-state index is 0.0512. The number of carbonyl (C=O) groups excluding carboxylic acids is 3. The number of hydrogen-bond acceptors (Lipinski definition) is 7. The Hall–Kier alpha value is -3.13. The van der Waals surface area contributed by atoms with Crippen LogP contribution in [0.15, 0.2) is 39.8 Å². The number of rotatable bonds is 8. The second-order valence-electron chi connectivity index (χ2n) is 7.31. The Bertz CT molecular complexity index is 1180. The second kappa shape index (κ2) is 9.99. The van der Waals surface area contributed by atoms with Crippen molar-refractivity contribution in [3.63, 3.8) is 0 Å². The van der Waals surface area contributed by atoms with E-state index in [2.05, 4.69) is 10.3 Å². The van der Waals surface area contributed by atoms with Gasteiger partial charge in [0.05, 0.1) is 28.0 Å². The number of esters is 1. The highest BCUT2D eigenvalue weighted by atomic mass is 32.2. The van der Waals surface area contributed by atoms with Gasteiger partial charge < -0.3 is 9.15 Å². The summed E-state index contributed by atoms with van der Waals surface area (Å²) in [7, 11) is 0. The fraction of sp³-hybridized carbons (Fsp3) is 0.333. The van der Waals surface area contributed by atoms with Gasteiger partial charge in [0.15, 0.2) is 5.78 Å². The van der Waals surface area contributed by atoms with E-state index in [1.165, 1.54) is 18.7 Å². The van der Waals surface area contributed by atoms with Crippen LogP contribution < -0.4 is 5.32 Å². The molecule has 3 rings (SSSR count). The van der Waals surface area contributed by atoms with Crippen molar-refractivity contribution >= 4 is 46.2 Å². The molecule has 168 valence electrons. The summed E-state index contributed by atoms with van der Waals surface area (Å²) in [5, 5.41) is 4.00. The SMILES string of the molecule is CCOC(=O)c1c(NC(=O)C(CC)Sc2cc(C)c3ccccc3n2)oc(C)c1C(C)=O. The van der Waals surface area contributed by atoms with E-state index in [0.29, 0.717) is 6.42 Å². The molecule has 2 aromatic heterocycles. The van der Waals surface area contributed by atoms with Crippen molar-refractivity contribution in [2.45, 2.75) is 51.3 Å². The highest BCUT2D eigenvalue weighted by Gasteiger charge is 2.30. The highest BCUT2D eigenvalue weighted by Crippen LogP contribution is 2.32. The molecule has 32 heavy (non-hydrogen) atoms. The Morgan fingerprint density at radius 3 is 2.53 bits per heavy atom. The van der Waals surface area contributed by atoms with Crippen molar-refractivity contribution in [3.8, 4) is 0 Å². The topological polar surface area (TPSA) is 98.5 Å². The van der Waals surface area contributed by atoms with Crippen LogP contribution in [-0.4, -0.2) is 34.5 Å². The fourth-order valence-electron chi connectivity index (χ4n) is 3.49. The molecule has 1 amide bonds. The number of aryl methyl sites for hydroxylation is 2. The van der Waals surface area contributed by atoms with Gasteiger partial charge in [-0.25, -0.2) is 9.78 Å². The first kappa shape index (κ1) is 23.5. The third-order valence-corrected chi connectivity index (χ3v) is 6.26. The number of benzene rings is 1. The van der Waals surface area contributed by atoms with Gasteiger partial charge in [-0.3, -0.25) is 14.9 Å². The molecule has 3 aromatic rings. The van der Waals surface area contributed by atoms with Crippen LogP contribution in [0.5, 0.6) is 0 Å². The van der Waals surface area contributed by atoms with Crippen LogP contribution in [0, 0.1) is 13.8 Å². The molecule has 7 nitrogen and oxygen atoms in total. The van der Waals surface area contributed by atoms with Crippen LogP contribution in [0.1, 0.15) is 59.2 Å². The molecule has 8 heteroatoms. The smallest absolute Gasteiger partial charge is 0.344 e. The maximum atomic E-state index is 13.1. The number of pyridine rings is 1. The molecule has 0 aliphatic heterocycles. The first-order valence-corrected chi connectivity index (χ1v) is 11.3. The van der Waals surface area contributed by atoms with E-state index >= 15 is 0 Å². The lowest BCUT2D eigenvalue weighted by molar-refractivity contribution is -0.115. The Morgan fingerprint density at radius 2 is 1.88 bits per heavy atom. The molecule has 0 saturated heterocycles.